The van der Waals surface area contributed by atoms with Gasteiger partial charge in [0.1, 0.15) is 0 Å². The van der Waals surface area contributed by atoms with E-state index in [1.54, 1.807) is 0 Å². The van der Waals surface area contributed by atoms with Gasteiger partial charge in [0.05, 0.1) is 30.0 Å². The van der Waals surface area contributed by atoms with Crippen LogP contribution in [0.25, 0.3) is 64.3 Å². The Bertz CT molecular complexity index is 2560. The Balaban J connectivity index is 1.38. The number of fused-ring (bicyclic) bond motifs is 2. The van der Waals surface area contributed by atoms with E-state index in [2.05, 4.69) is 137 Å². The van der Waals surface area contributed by atoms with Gasteiger partial charge in [0.2, 0.25) is 0 Å². The largest absolute Gasteiger partial charge is 0.310 e. The monoisotopic (exact) mass is 570 g/mol. The second-order valence-electron chi connectivity index (χ2n) is 11.1. The summed E-state index contributed by atoms with van der Waals surface area (Å²) in [7, 11) is 0. The summed E-state index contributed by atoms with van der Waals surface area (Å²) in [5, 5.41) is 30.3. The Hall–Kier alpha value is -6.67. The number of nitrogens with zero attached hydrogens (tertiary/aromatic N) is 4. The fourth-order valence-corrected chi connectivity index (χ4v) is 6.63. The third kappa shape index (κ3) is 4.12. The minimum atomic E-state index is -0.197. The van der Waals surface area contributed by atoms with Crippen LogP contribution in [0.4, 0.5) is 17.1 Å². The van der Waals surface area contributed by atoms with Crippen molar-refractivity contribution in [1.29, 1.82) is 10.5 Å². The van der Waals surface area contributed by atoms with Gasteiger partial charge in [0.15, 0.2) is 0 Å². The van der Waals surface area contributed by atoms with Crippen LogP contribution in [-0.2, 0) is 0 Å². The summed E-state index contributed by atoms with van der Waals surface area (Å²) >= 11 is 0. The maximum absolute atomic E-state index is 9.80. The average molecular weight is 571 g/mol. The standard InChI is InChI=1S/C41H22N4/c1-44-38(25-43)37(24-42)33-19-29-13-15-31-22-35(23-32-16-14-30(20-33)40(29)41(31)32)45(34-18-17-26-7-2-3-9-28(26)21-34)39-12-6-10-27-8-4-5-11-36(27)39/h2-23H/b38-37-. The van der Waals surface area contributed by atoms with E-state index < -0.39 is 0 Å². The third-order valence-corrected chi connectivity index (χ3v) is 8.63. The fraction of sp³-hybridized carbons (Fsp3) is 0. The summed E-state index contributed by atoms with van der Waals surface area (Å²) in [6, 6.07) is 50.6. The van der Waals surface area contributed by atoms with Gasteiger partial charge in [-0.3, -0.25) is 0 Å². The molecule has 206 valence electrons. The number of hydrogen-bond acceptors (Lipinski definition) is 3. The summed E-state index contributed by atoms with van der Waals surface area (Å²) in [6.07, 6.45) is 0. The minimum absolute atomic E-state index is 0.0985. The molecule has 0 aliphatic rings. The fourth-order valence-electron chi connectivity index (χ4n) is 6.63. The number of rotatable bonds is 4. The highest BCUT2D eigenvalue weighted by Crippen LogP contribution is 2.44. The van der Waals surface area contributed by atoms with E-state index in [0.29, 0.717) is 5.56 Å². The van der Waals surface area contributed by atoms with Crippen LogP contribution in [0, 0.1) is 29.2 Å². The molecule has 0 bridgehead atoms. The zero-order valence-corrected chi connectivity index (χ0v) is 24.0. The lowest BCUT2D eigenvalue weighted by Crippen LogP contribution is -2.10. The summed E-state index contributed by atoms with van der Waals surface area (Å²) in [5.41, 5.74) is 3.71. The first-order valence-corrected chi connectivity index (χ1v) is 14.6. The summed E-state index contributed by atoms with van der Waals surface area (Å²) in [5.74, 6) is 0. The summed E-state index contributed by atoms with van der Waals surface area (Å²) < 4.78 is 0. The molecule has 0 aliphatic carbocycles. The van der Waals surface area contributed by atoms with Crippen LogP contribution in [-0.4, -0.2) is 0 Å². The normalized spacial score (nSPS) is 11.8. The predicted octanol–water partition coefficient (Wildman–Crippen LogP) is 11.0. The van der Waals surface area contributed by atoms with E-state index in [0.717, 1.165) is 49.4 Å². The van der Waals surface area contributed by atoms with Gasteiger partial charge in [0.25, 0.3) is 5.70 Å². The maximum Gasteiger partial charge on any atom is 0.279 e. The van der Waals surface area contributed by atoms with Crippen LogP contribution in [0.15, 0.2) is 139 Å². The summed E-state index contributed by atoms with van der Waals surface area (Å²) in [4.78, 5) is 5.63. The van der Waals surface area contributed by atoms with Crippen molar-refractivity contribution in [3.05, 3.63) is 156 Å². The molecule has 4 heteroatoms. The Labute approximate surface area is 259 Å². The highest BCUT2D eigenvalue weighted by atomic mass is 15.1. The molecule has 0 fully saturated rings. The Kier molecular flexibility index (Phi) is 5.92. The van der Waals surface area contributed by atoms with Crippen LogP contribution < -0.4 is 4.90 Å². The third-order valence-electron chi connectivity index (χ3n) is 8.63. The molecule has 0 aromatic heterocycles. The molecule has 0 spiro atoms. The van der Waals surface area contributed by atoms with Crippen molar-refractivity contribution in [3.8, 4) is 12.1 Å². The number of allylic oxidation sites excluding steroid dienone is 2. The van der Waals surface area contributed by atoms with Crippen molar-refractivity contribution < 1.29 is 0 Å². The number of benzene rings is 8. The van der Waals surface area contributed by atoms with E-state index >= 15 is 0 Å². The van der Waals surface area contributed by atoms with Crippen LogP contribution in [0.1, 0.15) is 5.56 Å². The molecule has 8 aromatic carbocycles. The van der Waals surface area contributed by atoms with Crippen molar-refractivity contribution in [3.63, 3.8) is 0 Å². The molecule has 0 radical (unpaired) electrons. The maximum atomic E-state index is 9.80. The Morgan fingerprint density at radius 3 is 1.73 bits per heavy atom. The lowest BCUT2D eigenvalue weighted by molar-refractivity contribution is 1.31. The molecule has 45 heavy (non-hydrogen) atoms. The van der Waals surface area contributed by atoms with Gasteiger partial charge in [-0.2, -0.15) is 5.26 Å². The predicted molar refractivity (Wildman–Crippen MR) is 185 cm³/mol. The zero-order chi connectivity index (χ0) is 30.5. The van der Waals surface area contributed by atoms with E-state index in [-0.39, 0.29) is 11.3 Å². The van der Waals surface area contributed by atoms with Crippen molar-refractivity contribution in [1.82, 2.24) is 0 Å². The molecule has 0 atom stereocenters. The molecule has 0 aliphatic heterocycles. The molecular weight excluding hydrogens is 548 g/mol. The first kappa shape index (κ1) is 26.0. The lowest BCUT2D eigenvalue weighted by atomic mass is 9.90. The van der Waals surface area contributed by atoms with E-state index in [9.17, 15) is 10.5 Å². The van der Waals surface area contributed by atoms with Crippen molar-refractivity contribution in [2.24, 2.45) is 0 Å². The highest BCUT2D eigenvalue weighted by Gasteiger charge is 2.19. The van der Waals surface area contributed by atoms with Gasteiger partial charge in [-0.15, -0.1) is 0 Å². The minimum Gasteiger partial charge on any atom is -0.310 e. The van der Waals surface area contributed by atoms with Crippen molar-refractivity contribution in [2.45, 2.75) is 0 Å². The second-order valence-corrected chi connectivity index (χ2v) is 11.1. The molecular formula is C41H22N4. The molecule has 8 rings (SSSR count). The van der Waals surface area contributed by atoms with E-state index in [1.807, 2.05) is 18.2 Å². The number of nitriles is 2. The molecule has 0 unspecified atom stereocenters. The smallest absolute Gasteiger partial charge is 0.279 e. The average Bonchev–Trinajstić information content (AvgIpc) is 3.09. The van der Waals surface area contributed by atoms with Gasteiger partial charge in [0, 0.05) is 16.8 Å². The first-order chi connectivity index (χ1) is 22.2. The second kappa shape index (κ2) is 10.3. The molecule has 0 N–H and O–H groups in total. The molecule has 8 aromatic rings. The van der Waals surface area contributed by atoms with E-state index in [1.165, 1.54) is 21.5 Å². The first-order valence-electron chi connectivity index (χ1n) is 14.6. The molecule has 4 nitrogen and oxygen atoms in total. The zero-order valence-electron chi connectivity index (χ0n) is 24.0. The molecule has 0 amide bonds. The lowest BCUT2D eigenvalue weighted by Gasteiger charge is -2.28. The molecule has 0 heterocycles. The number of hydrogen-bond donors (Lipinski definition) is 0. The van der Waals surface area contributed by atoms with Gasteiger partial charge < -0.3 is 4.90 Å². The van der Waals surface area contributed by atoms with Crippen LogP contribution in [0.5, 0.6) is 0 Å². The van der Waals surface area contributed by atoms with Crippen molar-refractivity contribution in [2.75, 3.05) is 4.90 Å². The van der Waals surface area contributed by atoms with Crippen LogP contribution >= 0.6 is 0 Å². The highest BCUT2D eigenvalue weighted by molar-refractivity contribution is 6.24. The molecule has 0 saturated carbocycles. The summed E-state index contributed by atoms with van der Waals surface area (Å²) in [6.45, 7) is 7.36. The SMILES string of the molecule is [C-]#[N+]/C(C#N)=C(/C#N)c1cc2ccc3cc(N(c4ccc5ccccc5c4)c4cccc5ccccc45)cc4ccc(c1)c2c34. The van der Waals surface area contributed by atoms with E-state index in [4.69, 9.17) is 6.57 Å². The molecule has 0 saturated heterocycles. The van der Waals surface area contributed by atoms with Crippen molar-refractivity contribution >= 4 is 76.5 Å². The Morgan fingerprint density at radius 1 is 0.533 bits per heavy atom. The van der Waals surface area contributed by atoms with Gasteiger partial charge in [-0.25, -0.2) is 10.1 Å². The van der Waals surface area contributed by atoms with Gasteiger partial charge in [-0.05, 0) is 96.5 Å². The van der Waals surface area contributed by atoms with Crippen LogP contribution in [0.3, 0.4) is 0 Å². The van der Waals surface area contributed by atoms with Gasteiger partial charge in [-0.1, -0.05) is 91.0 Å². The Morgan fingerprint density at radius 2 is 1.09 bits per heavy atom. The topological polar surface area (TPSA) is 55.2 Å². The quantitative estimate of drug-likeness (QED) is 0.120. The number of anilines is 3. The van der Waals surface area contributed by atoms with Gasteiger partial charge >= 0.3 is 0 Å². The van der Waals surface area contributed by atoms with Crippen LogP contribution in [0.2, 0.25) is 0 Å².